The lowest BCUT2D eigenvalue weighted by molar-refractivity contribution is -0.171. The first-order valence-electron chi connectivity index (χ1n) is 14.9. The molecule has 0 aromatic rings. The summed E-state index contributed by atoms with van der Waals surface area (Å²) in [6.45, 7) is 15.1. The van der Waals surface area contributed by atoms with Gasteiger partial charge in [0.05, 0.1) is 5.57 Å². The van der Waals surface area contributed by atoms with Gasteiger partial charge in [-0.1, -0.05) is 60.1 Å². The molecule has 0 heterocycles. The van der Waals surface area contributed by atoms with Crippen LogP contribution < -0.4 is 5.32 Å². The van der Waals surface area contributed by atoms with Crippen LogP contribution in [0, 0.1) is 61.6 Å². The number of fused-ring (bicyclic) bond motifs is 7. The Balaban J connectivity index is 1.63. The molecule has 3 fully saturated rings. The van der Waals surface area contributed by atoms with Crippen LogP contribution >= 0.6 is 0 Å². The van der Waals surface area contributed by atoms with Gasteiger partial charge in [0.25, 0.3) is 5.91 Å². The molecule has 40 heavy (non-hydrogen) atoms. The highest BCUT2D eigenvalue weighted by Gasteiger charge is 2.69. The molecule has 0 aliphatic heterocycles. The molecule has 5 aliphatic rings. The Morgan fingerprint density at radius 1 is 1.05 bits per heavy atom. The van der Waals surface area contributed by atoms with Gasteiger partial charge in [-0.3, -0.25) is 14.4 Å². The molecule has 5 nitrogen and oxygen atoms in total. The van der Waals surface area contributed by atoms with Crippen LogP contribution in [-0.2, 0) is 14.4 Å². The van der Waals surface area contributed by atoms with Crippen molar-refractivity contribution in [3.8, 4) is 6.07 Å². The van der Waals surface area contributed by atoms with Crippen LogP contribution in [0.1, 0.15) is 93.4 Å². The van der Waals surface area contributed by atoms with E-state index in [1.165, 1.54) is 0 Å². The van der Waals surface area contributed by atoms with E-state index in [1.54, 1.807) is 0 Å². The Bertz CT molecular complexity index is 1270. The first-order valence-corrected chi connectivity index (χ1v) is 14.9. The number of allylic oxidation sites excluding steroid dienone is 4. The highest BCUT2D eigenvalue weighted by molar-refractivity contribution is 6.04. The molecule has 0 aromatic carbocycles. The van der Waals surface area contributed by atoms with Gasteiger partial charge in [0, 0.05) is 23.3 Å². The van der Waals surface area contributed by atoms with E-state index >= 15 is 0 Å². The number of hydrogen-bond acceptors (Lipinski definition) is 4. The number of carbonyl (C=O) groups is 3. The second-order valence-corrected chi connectivity index (χ2v) is 15.6. The van der Waals surface area contributed by atoms with E-state index in [1.807, 2.05) is 26.0 Å². The zero-order valence-electron chi connectivity index (χ0n) is 25.0. The van der Waals surface area contributed by atoms with Gasteiger partial charge in [-0.05, 0) is 84.5 Å². The van der Waals surface area contributed by atoms with E-state index in [0.717, 1.165) is 50.5 Å². The lowest BCUT2D eigenvalue weighted by atomic mass is 9.34. The number of amides is 1. The van der Waals surface area contributed by atoms with Crippen molar-refractivity contribution >= 4 is 17.5 Å². The van der Waals surface area contributed by atoms with Crippen LogP contribution in [0.4, 0.5) is 8.78 Å². The quantitative estimate of drug-likeness (QED) is 0.427. The highest BCUT2D eigenvalue weighted by atomic mass is 19.3. The maximum Gasteiger partial charge on any atom is 0.315 e. The van der Waals surface area contributed by atoms with E-state index in [9.17, 15) is 28.4 Å². The number of nitrogens with zero attached hydrogens (tertiary/aromatic N) is 1. The van der Waals surface area contributed by atoms with E-state index in [0.29, 0.717) is 0 Å². The summed E-state index contributed by atoms with van der Waals surface area (Å²) in [6, 6.07) is 2.15. The van der Waals surface area contributed by atoms with E-state index in [2.05, 4.69) is 46.0 Å². The number of nitrogens with one attached hydrogen (secondary N) is 1. The van der Waals surface area contributed by atoms with Gasteiger partial charge in [0.1, 0.15) is 6.07 Å². The molecular weight excluding hydrogens is 510 g/mol. The number of hydrogen-bond donors (Lipinski definition) is 1. The van der Waals surface area contributed by atoms with E-state index in [-0.39, 0.29) is 57.7 Å². The Labute approximate surface area is 237 Å². The third kappa shape index (κ3) is 3.76. The molecule has 2 unspecified atom stereocenters. The molecule has 0 bridgehead atoms. The van der Waals surface area contributed by atoms with E-state index in [4.69, 9.17) is 0 Å². The fourth-order valence-electron chi connectivity index (χ4n) is 10.4. The Morgan fingerprint density at radius 2 is 1.70 bits per heavy atom. The minimum atomic E-state index is -3.06. The highest BCUT2D eigenvalue weighted by Crippen LogP contribution is 2.74. The lowest BCUT2D eigenvalue weighted by Crippen LogP contribution is -2.66. The Kier molecular flexibility index (Phi) is 6.43. The third-order valence-electron chi connectivity index (χ3n) is 12.9. The van der Waals surface area contributed by atoms with Gasteiger partial charge in [0.2, 0.25) is 0 Å². The first kappa shape index (κ1) is 29.1. The summed E-state index contributed by atoms with van der Waals surface area (Å²) in [5.74, 6) is -1.61. The smallest absolute Gasteiger partial charge is 0.315 e. The summed E-state index contributed by atoms with van der Waals surface area (Å²) in [4.78, 5) is 39.6. The van der Waals surface area contributed by atoms with Crippen molar-refractivity contribution in [3.63, 3.8) is 0 Å². The number of alkyl halides is 2. The summed E-state index contributed by atoms with van der Waals surface area (Å²) in [5, 5.41) is 12.4. The number of halogens is 2. The molecule has 0 aromatic heterocycles. The molecule has 7 atom stereocenters. The van der Waals surface area contributed by atoms with Crippen molar-refractivity contribution < 1.29 is 23.2 Å². The molecule has 5 aliphatic carbocycles. The third-order valence-corrected chi connectivity index (χ3v) is 12.9. The van der Waals surface area contributed by atoms with Crippen molar-refractivity contribution in [3.05, 3.63) is 23.3 Å². The van der Waals surface area contributed by atoms with Crippen molar-refractivity contribution in [1.29, 1.82) is 5.26 Å². The monoisotopic (exact) mass is 554 g/mol. The largest absolute Gasteiger partial charge is 0.351 e. The number of nitriles is 1. The van der Waals surface area contributed by atoms with Crippen molar-refractivity contribution in [1.82, 2.24) is 5.32 Å². The van der Waals surface area contributed by atoms with Crippen molar-refractivity contribution in [2.24, 2.45) is 50.2 Å². The van der Waals surface area contributed by atoms with Crippen LogP contribution in [-0.4, -0.2) is 30.4 Å². The molecule has 3 saturated carbocycles. The first-order chi connectivity index (χ1) is 18.4. The topological polar surface area (TPSA) is 87.0 Å². The van der Waals surface area contributed by atoms with Crippen molar-refractivity contribution in [2.75, 3.05) is 6.54 Å². The van der Waals surface area contributed by atoms with Gasteiger partial charge in [-0.15, -0.1) is 0 Å². The molecule has 7 heteroatoms. The molecule has 218 valence electrons. The van der Waals surface area contributed by atoms with Crippen molar-refractivity contribution in [2.45, 2.75) is 99.8 Å². The maximum atomic E-state index is 14.4. The SMILES string of the molecule is CC1(C)CC[C@]2(CNC(=O)C(F)F)CC[C@]3(C)[C@H](C(=O)C=C4[C@@]5(C)C=C(C#N)C(=O)C(C)(C)C5CC[C@]43C)C2C1. The predicted octanol–water partition coefficient (Wildman–Crippen LogP) is 6.59. The summed E-state index contributed by atoms with van der Waals surface area (Å²) < 4.78 is 26.3. The van der Waals surface area contributed by atoms with Gasteiger partial charge >= 0.3 is 6.43 Å². The second kappa shape index (κ2) is 8.82. The van der Waals surface area contributed by atoms with Gasteiger partial charge in [-0.2, -0.15) is 14.0 Å². The number of rotatable bonds is 3. The predicted molar refractivity (Wildman–Crippen MR) is 148 cm³/mol. The molecule has 0 radical (unpaired) electrons. The van der Waals surface area contributed by atoms with Crippen LogP contribution in [0.5, 0.6) is 0 Å². The molecule has 0 spiro atoms. The second-order valence-electron chi connectivity index (χ2n) is 15.6. The normalized spacial score (nSPS) is 43.3. The minimum Gasteiger partial charge on any atom is -0.351 e. The summed E-state index contributed by atoms with van der Waals surface area (Å²) >= 11 is 0. The average molecular weight is 555 g/mol. The molecule has 1 amide bonds. The molecular formula is C33H44F2N2O3. The fourth-order valence-corrected chi connectivity index (χ4v) is 10.4. The summed E-state index contributed by atoms with van der Waals surface area (Å²) in [6.07, 6.45) is 6.37. The lowest BCUT2D eigenvalue weighted by Gasteiger charge is -2.69. The molecule has 0 saturated heterocycles. The van der Waals surface area contributed by atoms with Gasteiger partial charge < -0.3 is 5.32 Å². The van der Waals surface area contributed by atoms with Gasteiger partial charge in [-0.25, -0.2) is 0 Å². The number of ketones is 2. The zero-order chi connectivity index (χ0) is 29.7. The number of carbonyl (C=O) groups excluding carboxylic acids is 3. The van der Waals surface area contributed by atoms with Gasteiger partial charge in [0.15, 0.2) is 11.6 Å². The molecule has 1 N–H and O–H groups in total. The summed E-state index contributed by atoms with van der Waals surface area (Å²) in [7, 11) is 0. The maximum absolute atomic E-state index is 14.4. The van der Waals surface area contributed by atoms with Crippen LogP contribution in [0.3, 0.4) is 0 Å². The average Bonchev–Trinajstić information content (AvgIpc) is 2.86. The standard InChI is InChI=1S/C33H44F2N2O3/c1-28(2)10-12-33(18-37-27(40)26(34)35)13-11-32(7)24(20(33)16-28)21(38)14-23-30(5)15-19(17-36)25(39)29(3,4)22(30)8-9-31(23,32)6/h14-15,20,22,24,26H,8-13,16,18H2,1-7H3,(H,37,40)/t20?,22?,24-,30-,31+,32+,33+/m0/s1. The van der Waals surface area contributed by atoms with E-state index < -0.39 is 28.6 Å². The van der Waals surface area contributed by atoms with Crippen LogP contribution in [0.25, 0.3) is 0 Å². The van der Waals surface area contributed by atoms with Crippen LogP contribution in [0.2, 0.25) is 0 Å². The molecule has 5 rings (SSSR count). The fraction of sp³-hybridized carbons (Fsp3) is 0.758. The minimum absolute atomic E-state index is 0.00610. The Morgan fingerprint density at radius 3 is 2.33 bits per heavy atom. The Hall–Kier alpha value is -2.36. The number of Topliss-reactive ketones (excluding diaryl/α,β-unsaturated/α-hetero) is 1. The summed E-state index contributed by atoms with van der Waals surface area (Å²) in [5.41, 5.74) is -1.17. The van der Waals surface area contributed by atoms with Crippen LogP contribution in [0.15, 0.2) is 23.3 Å². The zero-order valence-corrected chi connectivity index (χ0v) is 25.0.